The van der Waals surface area contributed by atoms with Crippen molar-refractivity contribution in [2.75, 3.05) is 11.9 Å². The van der Waals surface area contributed by atoms with Crippen LogP contribution in [0.5, 0.6) is 0 Å². The van der Waals surface area contributed by atoms with Gasteiger partial charge in [-0.1, -0.05) is 18.5 Å². The number of ether oxygens (including phenoxy) is 1. The van der Waals surface area contributed by atoms with Crippen LogP contribution in [0.4, 0.5) is 5.82 Å². The topological polar surface area (TPSA) is 64.1 Å². The van der Waals surface area contributed by atoms with Gasteiger partial charge in [0.25, 0.3) is 0 Å². The zero-order valence-electron chi connectivity index (χ0n) is 9.52. The molecule has 1 fully saturated rings. The third-order valence-corrected chi connectivity index (χ3v) is 3.04. The zero-order chi connectivity index (χ0) is 12.3. The molecule has 1 aromatic heterocycles. The molecule has 92 valence electrons. The number of anilines is 1. The lowest BCUT2D eigenvalue weighted by Gasteiger charge is -2.15. The molecule has 2 atom stereocenters. The normalized spacial score (nSPS) is 23.6. The van der Waals surface area contributed by atoms with Crippen molar-refractivity contribution in [2.45, 2.75) is 25.9 Å². The number of carbonyl (C=O) groups is 1. The highest BCUT2D eigenvalue weighted by molar-refractivity contribution is 6.29. The summed E-state index contributed by atoms with van der Waals surface area (Å²) in [5.41, 5.74) is 0. The van der Waals surface area contributed by atoms with E-state index in [1.54, 1.807) is 0 Å². The lowest BCUT2D eigenvalue weighted by Crippen LogP contribution is -2.29. The van der Waals surface area contributed by atoms with Crippen LogP contribution < -0.4 is 5.32 Å². The van der Waals surface area contributed by atoms with E-state index in [1.807, 2.05) is 6.92 Å². The van der Waals surface area contributed by atoms with Gasteiger partial charge in [-0.3, -0.25) is 4.79 Å². The Balaban J connectivity index is 2.01. The van der Waals surface area contributed by atoms with Crippen molar-refractivity contribution < 1.29 is 9.53 Å². The first-order chi connectivity index (χ1) is 8.20. The molecule has 1 amide bonds. The third-order valence-electron chi connectivity index (χ3n) is 2.83. The minimum absolute atomic E-state index is 0.00677. The van der Waals surface area contributed by atoms with E-state index in [-0.39, 0.29) is 17.9 Å². The summed E-state index contributed by atoms with van der Waals surface area (Å²) in [6.07, 6.45) is 2.92. The fourth-order valence-electron chi connectivity index (χ4n) is 1.97. The van der Waals surface area contributed by atoms with Crippen LogP contribution in [0.3, 0.4) is 0 Å². The van der Waals surface area contributed by atoms with Crippen LogP contribution in [0.15, 0.2) is 12.4 Å². The number of rotatable bonds is 3. The van der Waals surface area contributed by atoms with Crippen molar-refractivity contribution >= 4 is 23.3 Å². The molecule has 0 spiro atoms. The highest BCUT2D eigenvalue weighted by Crippen LogP contribution is 2.24. The summed E-state index contributed by atoms with van der Waals surface area (Å²) in [5, 5.41) is 3.04. The van der Waals surface area contributed by atoms with Gasteiger partial charge in [0.2, 0.25) is 5.91 Å². The molecule has 1 aliphatic heterocycles. The van der Waals surface area contributed by atoms with E-state index in [0.29, 0.717) is 17.6 Å². The molecule has 5 nitrogen and oxygen atoms in total. The molecule has 0 saturated carbocycles. The molecule has 2 heterocycles. The van der Waals surface area contributed by atoms with Gasteiger partial charge in [0, 0.05) is 12.7 Å². The molecule has 1 aromatic rings. The number of nitrogens with one attached hydrogen (secondary N) is 1. The Morgan fingerprint density at radius 2 is 2.47 bits per heavy atom. The van der Waals surface area contributed by atoms with Crippen LogP contribution in [-0.2, 0) is 9.53 Å². The first-order valence-electron chi connectivity index (χ1n) is 5.60. The van der Waals surface area contributed by atoms with Gasteiger partial charge in [0.15, 0.2) is 0 Å². The van der Waals surface area contributed by atoms with Crippen LogP contribution in [0.1, 0.15) is 19.8 Å². The van der Waals surface area contributed by atoms with Gasteiger partial charge in [-0.15, -0.1) is 0 Å². The Hall–Kier alpha value is -1.20. The Kier molecular flexibility index (Phi) is 3.91. The maximum Gasteiger partial charge on any atom is 0.231 e. The quantitative estimate of drug-likeness (QED) is 0.838. The monoisotopic (exact) mass is 255 g/mol. The van der Waals surface area contributed by atoms with Crippen LogP contribution in [0.25, 0.3) is 0 Å². The molecule has 0 aliphatic carbocycles. The molecule has 0 bridgehead atoms. The number of amides is 1. The second-order valence-corrected chi connectivity index (χ2v) is 4.32. The summed E-state index contributed by atoms with van der Waals surface area (Å²) < 4.78 is 5.48. The van der Waals surface area contributed by atoms with E-state index in [0.717, 1.165) is 12.8 Å². The van der Waals surface area contributed by atoms with Gasteiger partial charge in [0.1, 0.15) is 17.3 Å². The van der Waals surface area contributed by atoms with Crippen molar-refractivity contribution in [3.05, 3.63) is 17.5 Å². The van der Waals surface area contributed by atoms with Crippen LogP contribution in [0.2, 0.25) is 5.15 Å². The first kappa shape index (κ1) is 12.3. The summed E-state index contributed by atoms with van der Waals surface area (Å²) in [4.78, 5) is 19.7. The molecular weight excluding hydrogens is 242 g/mol. The number of hydrogen-bond acceptors (Lipinski definition) is 4. The van der Waals surface area contributed by atoms with Gasteiger partial charge in [-0.25, -0.2) is 9.97 Å². The molecule has 0 radical (unpaired) electrons. The van der Waals surface area contributed by atoms with Crippen LogP contribution in [0, 0.1) is 5.92 Å². The SMILES string of the molecule is CCC1OCCC1C(=O)Nc1cc(Cl)ncn1. The average molecular weight is 256 g/mol. The van der Waals surface area contributed by atoms with E-state index >= 15 is 0 Å². The van der Waals surface area contributed by atoms with E-state index in [4.69, 9.17) is 16.3 Å². The van der Waals surface area contributed by atoms with E-state index < -0.39 is 0 Å². The molecule has 0 aromatic carbocycles. The number of hydrogen-bond donors (Lipinski definition) is 1. The number of carbonyl (C=O) groups excluding carboxylic acids is 1. The van der Waals surface area contributed by atoms with E-state index in [1.165, 1.54) is 12.4 Å². The second kappa shape index (κ2) is 5.42. The molecule has 2 rings (SSSR count). The number of halogens is 1. The lowest BCUT2D eigenvalue weighted by molar-refractivity contribution is -0.121. The van der Waals surface area contributed by atoms with Crippen molar-refractivity contribution in [3.8, 4) is 0 Å². The second-order valence-electron chi connectivity index (χ2n) is 3.93. The predicted molar refractivity (Wildman–Crippen MR) is 63.8 cm³/mol. The summed E-state index contributed by atoms with van der Waals surface area (Å²) in [6.45, 7) is 2.65. The van der Waals surface area contributed by atoms with Crippen molar-refractivity contribution in [1.29, 1.82) is 0 Å². The predicted octanol–water partition coefficient (Wildman–Crippen LogP) is 1.88. The van der Waals surface area contributed by atoms with Crippen LogP contribution >= 0.6 is 11.6 Å². The smallest absolute Gasteiger partial charge is 0.231 e. The van der Waals surface area contributed by atoms with Crippen LogP contribution in [-0.4, -0.2) is 28.6 Å². The minimum atomic E-state index is -0.103. The lowest BCUT2D eigenvalue weighted by atomic mass is 9.99. The molecule has 6 heteroatoms. The third kappa shape index (κ3) is 2.92. The molecule has 1 saturated heterocycles. The van der Waals surface area contributed by atoms with E-state index in [2.05, 4.69) is 15.3 Å². The Labute approximate surface area is 105 Å². The Bertz CT molecular complexity index is 413. The number of aromatic nitrogens is 2. The highest BCUT2D eigenvalue weighted by atomic mass is 35.5. The van der Waals surface area contributed by atoms with Gasteiger partial charge in [-0.2, -0.15) is 0 Å². The standard InChI is InChI=1S/C11H14ClN3O2/c1-2-8-7(3-4-17-8)11(16)15-10-5-9(12)13-6-14-10/h5-8H,2-4H2,1H3,(H,13,14,15,16). The fraction of sp³-hybridized carbons (Fsp3) is 0.545. The zero-order valence-corrected chi connectivity index (χ0v) is 10.3. The van der Waals surface area contributed by atoms with Crippen molar-refractivity contribution in [2.24, 2.45) is 5.92 Å². The maximum absolute atomic E-state index is 12.0. The molecule has 1 aliphatic rings. The van der Waals surface area contributed by atoms with Crippen molar-refractivity contribution in [1.82, 2.24) is 9.97 Å². The summed E-state index contributed by atoms with van der Waals surface area (Å²) in [7, 11) is 0. The summed E-state index contributed by atoms with van der Waals surface area (Å²) >= 11 is 5.72. The largest absolute Gasteiger partial charge is 0.377 e. The molecular formula is C11H14ClN3O2. The maximum atomic E-state index is 12.0. The van der Waals surface area contributed by atoms with Gasteiger partial charge in [-0.05, 0) is 12.8 Å². The average Bonchev–Trinajstić information content (AvgIpc) is 2.77. The Morgan fingerprint density at radius 3 is 3.18 bits per heavy atom. The minimum Gasteiger partial charge on any atom is -0.377 e. The van der Waals surface area contributed by atoms with Gasteiger partial charge in [0.05, 0.1) is 12.0 Å². The van der Waals surface area contributed by atoms with Gasteiger partial charge >= 0.3 is 0 Å². The first-order valence-corrected chi connectivity index (χ1v) is 5.98. The molecule has 17 heavy (non-hydrogen) atoms. The Morgan fingerprint density at radius 1 is 1.65 bits per heavy atom. The molecule has 1 N–H and O–H groups in total. The summed E-state index contributed by atoms with van der Waals surface area (Å²) in [6, 6.07) is 1.52. The van der Waals surface area contributed by atoms with Crippen molar-refractivity contribution in [3.63, 3.8) is 0 Å². The van der Waals surface area contributed by atoms with Gasteiger partial charge < -0.3 is 10.1 Å². The number of nitrogens with zero attached hydrogens (tertiary/aromatic N) is 2. The highest BCUT2D eigenvalue weighted by Gasteiger charge is 2.32. The molecule has 2 unspecified atom stereocenters. The summed E-state index contributed by atoms with van der Waals surface area (Å²) in [5.74, 6) is 0.259. The van der Waals surface area contributed by atoms with E-state index in [9.17, 15) is 4.79 Å². The fourth-order valence-corrected chi connectivity index (χ4v) is 2.12.